The van der Waals surface area contributed by atoms with E-state index in [0.717, 1.165) is 74.7 Å². The number of cyclic esters (lactones) is 1. The Morgan fingerprint density at radius 2 is 1.57 bits per heavy atom. The normalized spacial score (nSPS) is 21.3. The van der Waals surface area contributed by atoms with E-state index in [1.807, 2.05) is 59.5 Å². The van der Waals surface area contributed by atoms with Gasteiger partial charge in [0.05, 0.1) is 6.04 Å². The molecule has 1 unspecified atom stereocenters. The summed E-state index contributed by atoms with van der Waals surface area (Å²) in [5, 5.41) is 0. The monoisotopic (exact) mass is 542 g/mol. The van der Waals surface area contributed by atoms with Crippen LogP contribution in [0.1, 0.15) is 30.4 Å². The highest BCUT2D eigenvalue weighted by molar-refractivity contribution is 5.70. The highest BCUT2D eigenvalue weighted by atomic mass is 16.6. The molecule has 0 aliphatic carbocycles. The molecule has 2 atom stereocenters. The van der Waals surface area contributed by atoms with Gasteiger partial charge in [-0.25, -0.2) is 4.79 Å². The molecule has 6 rings (SSSR count). The molecule has 3 aromatic rings. The first-order valence-corrected chi connectivity index (χ1v) is 14.5. The quantitative estimate of drug-likeness (QED) is 0.334. The standard InChI is InChI=1S/C33H38N2O5/c36-33-35(28(23-39-33)19-26-7-3-1-4-8-26)18-15-25-13-16-34(17-14-25)21-30-24-38-32-20-29(11-12-31(32)40-30)37-22-27-9-5-2-6-10-27/h1-12,20,25,28,30H,13-19,21-24H2/t28?,30-/m0/s1. The van der Waals surface area contributed by atoms with Crippen LogP contribution >= 0.6 is 0 Å². The van der Waals surface area contributed by atoms with Gasteiger partial charge in [-0.2, -0.15) is 0 Å². The van der Waals surface area contributed by atoms with Gasteiger partial charge in [0, 0.05) is 19.2 Å². The first-order chi connectivity index (χ1) is 19.7. The summed E-state index contributed by atoms with van der Waals surface area (Å²) in [4.78, 5) is 16.8. The highest BCUT2D eigenvalue weighted by Gasteiger charge is 2.34. The van der Waals surface area contributed by atoms with Gasteiger partial charge in [0.15, 0.2) is 11.5 Å². The van der Waals surface area contributed by atoms with E-state index < -0.39 is 0 Å². The van der Waals surface area contributed by atoms with E-state index in [1.54, 1.807) is 0 Å². The summed E-state index contributed by atoms with van der Waals surface area (Å²) in [6, 6.07) is 26.4. The number of rotatable bonds is 10. The van der Waals surface area contributed by atoms with Gasteiger partial charge in [-0.3, -0.25) is 4.90 Å². The molecule has 3 aliphatic rings. The van der Waals surface area contributed by atoms with Gasteiger partial charge in [-0.15, -0.1) is 0 Å². The van der Waals surface area contributed by atoms with Crippen LogP contribution in [0.3, 0.4) is 0 Å². The number of benzene rings is 3. The van der Waals surface area contributed by atoms with E-state index in [1.165, 1.54) is 5.56 Å². The summed E-state index contributed by atoms with van der Waals surface area (Å²) in [5.41, 5.74) is 2.38. The Morgan fingerprint density at radius 1 is 0.825 bits per heavy atom. The van der Waals surface area contributed by atoms with Gasteiger partial charge < -0.3 is 23.8 Å². The lowest BCUT2D eigenvalue weighted by Gasteiger charge is -2.36. The molecular weight excluding hydrogens is 504 g/mol. The largest absolute Gasteiger partial charge is 0.489 e. The van der Waals surface area contributed by atoms with Crippen LogP contribution in [0.2, 0.25) is 0 Å². The van der Waals surface area contributed by atoms with Crippen molar-refractivity contribution in [1.82, 2.24) is 9.80 Å². The van der Waals surface area contributed by atoms with Crippen LogP contribution in [-0.2, 0) is 17.8 Å². The van der Waals surface area contributed by atoms with E-state index in [2.05, 4.69) is 29.2 Å². The first-order valence-electron chi connectivity index (χ1n) is 14.5. The lowest BCUT2D eigenvalue weighted by molar-refractivity contribution is 0.0463. The molecule has 0 bridgehead atoms. The lowest BCUT2D eigenvalue weighted by Crippen LogP contribution is -2.44. The fourth-order valence-corrected chi connectivity index (χ4v) is 5.90. The van der Waals surface area contributed by atoms with Gasteiger partial charge in [0.1, 0.15) is 31.7 Å². The van der Waals surface area contributed by atoms with Crippen molar-refractivity contribution >= 4 is 6.09 Å². The molecule has 2 saturated heterocycles. The van der Waals surface area contributed by atoms with Gasteiger partial charge in [-0.1, -0.05) is 60.7 Å². The fourth-order valence-electron chi connectivity index (χ4n) is 5.90. The summed E-state index contributed by atoms with van der Waals surface area (Å²) in [6.45, 7) is 5.26. The minimum absolute atomic E-state index is 0.0123. The zero-order chi connectivity index (χ0) is 27.1. The van der Waals surface area contributed by atoms with Gasteiger partial charge >= 0.3 is 6.09 Å². The zero-order valence-corrected chi connectivity index (χ0v) is 23.0. The molecule has 3 aliphatic heterocycles. The van der Waals surface area contributed by atoms with E-state index in [4.69, 9.17) is 18.9 Å². The predicted molar refractivity (Wildman–Crippen MR) is 153 cm³/mol. The second-order valence-corrected chi connectivity index (χ2v) is 11.1. The molecular formula is C33H38N2O5. The second kappa shape index (κ2) is 12.6. The highest BCUT2D eigenvalue weighted by Crippen LogP contribution is 2.36. The summed E-state index contributed by atoms with van der Waals surface area (Å²) in [5.74, 6) is 2.92. The number of nitrogens with zero attached hydrogens (tertiary/aromatic N) is 2. The smallest absolute Gasteiger partial charge is 0.410 e. The number of carbonyl (C=O) groups excluding carboxylic acids is 1. The molecule has 7 nitrogen and oxygen atoms in total. The summed E-state index contributed by atoms with van der Waals surface area (Å²) < 4.78 is 23.7. The summed E-state index contributed by atoms with van der Waals surface area (Å²) in [6.07, 6.45) is 4.00. The van der Waals surface area contributed by atoms with Crippen molar-refractivity contribution in [2.75, 3.05) is 39.4 Å². The number of ether oxygens (including phenoxy) is 4. The molecule has 210 valence electrons. The maximum atomic E-state index is 12.4. The number of hydrogen-bond donors (Lipinski definition) is 0. The Labute approximate surface area is 236 Å². The molecule has 0 radical (unpaired) electrons. The van der Waals surface area contributed by atoms with Crippen LogP contribution < -0.4 is 14.2 Å². The third kappa shape index (κ3) is 6.70. The van der Waals surface area contributed by atoms with Gasteiger partial charge in [-0.05, 0) is 68.0 Å². The topological polar surface area (TPSA) is 60.5 Å². The van der Waals surface area contributed by atoms with Crippen molar-refractivity contribution in [3.8, 4) is 17.2 Å². The van der Waals surface area contributed by atoms with Gasteiger partial charge in [0.25, 0.3) is 0 Å². The lowest BCUT2D eigenvalue weighted by atomic mass is 9.93. The van der Waals surface area contributed by atoms with Crippen molar-refractivity contribution in [3.05, 3.63) is 90.0 Å². The molecule has 3 aromatic carbocycles. The predicted octanol–water partition coefficient (Wildman–Crippen LogP) is 5.57. The van der Waals surface area contributed by atoms with Crippen LogP contribution in [0, 0.1) is 5.92 Å². The molecule has 2 fully saturated rings. The van der Waals surface area contributed by atoms with Crippen LogP contribution in [0.15, 0.2) is 78.9 Å². The van der Waals surface area contributed by atoms with Crippen LogP contribution in [0.4, 0.5) is 4.79 Å². The van der Waals surface area contributed by atoms with Crippen LogP contribution in [-0.4, -0.2) is 67.4 Å². The Morgan fingerprint density at radius 3 is 2.35 bits per heavy atom. The Kier molecular flexibility index (Phi) is 8.38. The second-order valence-electron chi connectivity index (χ2n) is 11.1. The Balaban J connectivity index is 0.926. The summed E-state index contributed by atoms with van der Waals surface area (Å²) in [7, 11) is 0. The number of fused-ring (bicyclic) bond motifs is 1. The molecule has 0 saturated carbocycles. The Bertz CT molecular complexity index is 1250. The third-order valence-electron chi connectivity index (χ3n) is 8.22. The number of piperidine rings is 1. The van der Waals surface area contributed by atoms with Crippen LogP contribution in [0.25, 0.3) is 0 Å². The number of amides is 1. The number of carbonyl (C=O) groups is 1. The molecule has 1 amide bonds. The molecule has 7 heteroatoms. The fraction of sp³-hybridized carbons (Fsp3) is 0.424. The van der Waals surface area contributed by atoms with E-state index in [0.29, 0.717) is 25.7 Å². The average Bonchev–Trinajstić information content (AvgIpc) is 3.35. The van der Waals surface area contributed by atoms with E-state index >= 15 is 0 Å². The molecule has 3 heterocycles. The number of likely N-dealkylation sites (tertiary alicyclic amines) is 1. The molecule has 0 aromatic heterocycles. The van der Waals surface area contributed by atoms with Crippen molar-refractivity contribution in [1.29, 1.82) is 0 Å². The van der Waals surface area contributed by atoms with E-state index in [-0.39, 0.29) is 18.2 Å². The van der Waals surface area contributed by atoms with Crippen molar-refractivity contribution in [2.45, 2.75) is 44.4 Å². The SMILES string of the molecule is O=C1OCC(Cc2ccccc2)N1CCC1CCN(C[C@H]2COc3cc(OCc4ccccc4)ccc3O2)CC1. The number of hydrogen-bond acceptors (Lipinski definition) is 6. The first kappa shape index (κ1) is 26.5. The maximum absolute atomic E-state index is 12.4. The molecule has 40 heavy (non-hydrogen) atoms. The van der Waals surface area contributed by atoms with Crippen LogP contribution in [0.5, 0.6) is 17.2 Å². The minimum Gasteiger partial charge on any atom is -0.489 e. The van der Waals surface area contributed by atoms with Crippen molar-refractivity contribution in [3.63, 3.8) is 0 Å². The zero-order valence-electron chi connectivity index (χ0n) is 23.0. The van der Waals surface area contributed by atoms with Gasteiger partial charge in [0.2, 0.25) is 0 Å². The van der Waals surface area contributed by atoms with E-state index in [9.17, 15) is 4.79 Å². The summed E-state index contributed by atoms with van der Waals surface area (Å²) >= 11 is 0. The van der Waals surface area contributed by atoms with Crippen molar-refractivity contribution < 1.29 is 23.7 Å². The molecule has 0 spiro atoms. The Hall–Kier alpha value is -3.71. The third-order valence-corrected chi connectivity index (χ3v) is 8.22. The molecule has 0 N–H and O–H groups in total. The average molecular weight is 543 g/mol. The maximum Gasteiger partial charge on any atom is 0.410 e. The van der Waals surface area contributed by atoms with Crippen molar-refractivity contribution in [2.24, 2.45) is 5.92 Å². The minimum atomic E-state index is -0.164.